The first-order chi connectivity index (χ1) is 8.41. The lowest BCUT2D eigenvalue weighted by atomic mass is 9.74. The third kappa shape index (κ3) is 1.61. The maximum absolute atomic E-state index is 11.7. The van der Waals surface area contributed by atoms with E-state index in [2.05, 4.69) is 6.58 Å². The fraction of sp³-hybridized carbons (Fsp3) is 0.357. The van der Waals surface area contributed by atoms with Crippen LogP contribution in [-0.2, 0) is 4.79 Å². The third-order valence-electron chi connectivity index (χ3n) is 3.61. The SMILES string of the molecule is C=C1Oc2cc(OC)ccc2C(O)C1(C)C(C)=O. The van der Waals surface area contributed by atoms with Crippen molar-refractivity contribution in [1.82, 2.24) is 0 Å². The summed E-state index contributed by atoms with van der Waals surface area (Å²) in [5.41, 5.74) is -0.539. The summed E-state index contributed by atoms with van der Waals surface area (Å²) in [4.78, 5) is 11.7. The third-order valence-corrected chi connectivity index (χ3v) is 3.61. The largest absolute Gasteiger partial charge is 0.497 e. The molecule has 0 aliphatic carbocycles. The van der Waals surface area contributed by atoms with Crippen molar-refractivity contribution < 1.29 is 19.4 Å². The number of rotatable bonds is 2. The van der Waals surface area contributed by atoms with Crippen LogP contribution in [0.4, 0.5) is 0 Å². The molecule has 0 spiro atoms. The second-order valence-corrected chi connectivity index (χ2v) is 4.59. The van der Waals surface area contributed by atoms with Crippen molar-refractivity contribution >= 4 is 5.78 Å². The first kappa shape index (κ1) is 12.6. The molecule has 4 nitrogen and oxygen atoms in total. The number of methoxy groups -OCH3 is 1. The molecule has 1 aromatic carbocycles. The topological polar surface area (TPSA) is 55.8 Å². The van der Waals surface area contributed by atoms with Gasteiger partial charge < -0.3 is 14.6 Å². The fourth-order valence-corrected chi connectivity index (χ4v) is 2.05. The van der Waals surface area contributed by atoms with Crippen LogP contribution in [-0.4, -0.2) is 18.0 Å². The summed E-state index contributed by atoms with van der Waals surface area (Å²) in [6, 6.07) is 5.09. The monoisotopic (exact) mass is 248 g/mol. The zero-order valence-electron chi connectivity index (χ0n) is 10.7. The molecular weight excluding hydrogens is 232 g/mol. The van der Waals surface area contributed by atoms with E-state index in [9.17, 15) is 9.90 Å². The molecule has 1 N–H and O–H groups in total. The quantitative estimate of drug-likeness (QED) is 0.872. The van der Waals surface area contributed by atoms with Gasteiger partial charge in [0.15, 0.2) is 0 Å². The molecule has 0 amide bonds. The number of benzene rings is 1. The van der Waals surface area contributed by atoms with Crippen molar-refractivity contribution in [3.63, 3.8) is 0 Å². The molecule has 2 atom stereocenters. The maximum atomic E-state index is 11.7. The number of ether oxygens (including phenoxy) is 2. The minimum Gasteiger partial charge on any atom is -0.497 e. The van der Waals surface area contributed by atoms with Gasteiger partial charge >= 0.3 is 0 Å². The first-order valence-corrected chi connectivity index (χ1v) is 5.65. The van der Waals surface area contributed by atoms with Gasteiger partial charge in [-0.25, -0.2) is 0 Å². The molecule has 0 radical (unpaired) electrons. The smallest absolute Gasteiger partial charge is 0.146 e. The predicted molar refractivity (Wildman–Crippen MR) is 66.5 cm³/mol. The van der Waals surface area contributed by atoms with Gasteiger partial charge in [0.05, 0.1) is 7.11 Å². The molecule has 4 heteroatoms. The summed E-state index contributed by atoms with van der Waals surface area (Å²) < 4.78 is 10.7. The van der Waals surface area contributed by atoms with Crippen molar-refractivity contribution in [2.45, 2.75) is 20.0 Å². The second kappa shape index (κ2) is 4.14. The average Bonchev–Trinajstić information content (AvgIpc) is 2.35. The van der Waals surface area contributed by atoms with E-state index in [1.54, 1.807) is 32.2 Å². The Kier molecular flexibility index (Phi) is 2.91. The van der Waals surface area contributed by atoms with Gasteiger partial charge in [0.1, 0.15) is 34.6 Å². The number of hydrogen-bond acceptors (Lipinski definition) is 4. The molecule has 0 bridgehead atoms. The van der Waals surface area contributed by atoms with E-state index in [0.29, 0.717) is 17.1 Å². The van der Waals surface area contributed by atoms with Crippen molar-refractivity contribution in [2.24, 2.45) is 5.41 Å². The molecular formula is C14H16O4. The number of fused-ring (bicyclic) bond motifs is 1. The molecule has 0 saturated carbocycles. The lowest BCUT2D eigenvalue weighted by molar-refractivity contribution is -0.132. The van der Waals surface area contributed by atoms with Gasteiger partial charge in [0.2, 0.25) is 0 Å². The maximum Gasteiger partial charge on any atom is 0.146 e. The molecule has 0 saturated heterocycles. The average molecular weight is 248 g/mol. The number of hydrogen-bond donors (Lipinski definition) is 1. The zero-order valence-corrected chi connectivity index (χ0v) is 10.7. The number of carbonyl (C=O) groups excluding carboxylic acids is 1. The Hall–Kier alpha value is -1.81. The normalized spacial score (nSPS) is 26.2. The van der Waals surface area contributed by atoms with Crippen molar-refractivity contribution in [3.05, 3.63) is 36.1 Å². The molecule has 18 heavy (non-hydrogen) atoms. The summed E-state index contributed by atoms with van der Waals surface area (Å²) in [6.45, 7) is 6.81. The number of aliphatic hydroxyl groups is 1. The van der Waals surface area contributed by atoms with Crippen LogP contribution in [0.5, 0.6) is 11.5 Å². The minimum atomic E-state index is -1.11. The van der Waals surface area contributed by atoms with Crippen LogP contribution < -0.4 is 9.47 Å². The van der Waals surface area contributed by atoms with Crippen molar-refractivity contribution in [2.75, 3.05) is 7.11 Å². The van der Waals surface area contributed by atoms with Crippen LogP contribution >= 0.6 is 0 Å². The molecule has 1 heterocycles. The van der Waals surface area contributed by atoms with E-state index in [4.69, 9.17) is 9.47 Å². The van der Waals surface area contributed by atoms with Crippen LogP contribution in [0.3, 0.4) is 0 Å². The van der Waals surface area contributed by atoms with Crippen LogP contribution in [0, 0.1) is 5.41 Å². The Morgan fingerprint density at radius 3 is 2.78 bits per heavy atom. The van der Waals surface area contributed by atoms with Crippen molar-refractivity contribution in [3.8, 4) is 11.5 Å². The van der Waals surface area contributed by atoms with Gasteiger partial charge in [-0.1, -0.05) is 6.58 Å². The summed E-state index contributed by atoms with van der Waals surface area (Å²) in [5.74, 6) is 1.18. The molecule has 1 aliphatic heterocycles. The van der Waals surface area contributed by atoms with Crippen LogP contribution in [0.2, 0.25) is 0 Å². The fourth-order valence-electron chi connectivity index (χ4n) is 2.05. The highest BCUT2D eigenvalue weighted by Gasteiger charge is 2.47. The summed E-state index contributed by atoms with van der Waals surface area (Å²) in [6.07, 6.45) is -0.961. The van der Waals surface area contributed by atoms with Crippen LogP contribution in [0.1, 0.15) is 25.5 Å². The zero-order chi connectivity index (χ0) is 13.5. The van der Waals surface area contributed by atoms with Crippen molar-refractivity contribution in [1.29, 1.82) is 0 Å². The molecule has 1 aliphatic rings. The molecule has 1 aromatic rings. The van der Waals surface area contributed by atoms with Crippen LogP contribution in [0.15, 0.2) is 30.5 Å². The van der Waals surface area contributed by atoms with E-state index in [1.807, 2.05) is 0 Å². The first-order valence-electron chi connectivity index (χ1n) is 5.65. The van der Waals surface area contributed by atoms with Crippen LogP contribution in [0.25, 0.3) is 0 Å². The predicted octanol–water partition coefficient (Wildman–Crippen LogP) is 2.23. The van der Waals surface area contributed by atoms with Gasteiger partial charge in [-0.2, -0.15) is 0 Å². The highest BCUT2D eigenvalue weighted by molar-refractivity contribution is 5.86. The van der Waals surface area contributed by atoms with E-state index < -0.39 is 11.5 Å². The van der Waals surface area contributed by atoms with Gasteiger partial charge in [-0.05, 0) is 26.0 Å². The molecule has 0 aromatic heterocycles. The van der Waals surface area contributed by atoms with Gasteiger partial charge in [0, 0.05) is 11.6 Å². The van der Waals surface area contributed by atoms with E-state index in [1.165, 1.54) is 6.92 Å². The molecule has 2 rings (SSSR count). The standard InChI is InChI=1S/C14H16O4/c1-8(15)14(3)9(2)18-12-7-10(17-4)5-6-11(12)13(14)16/h5-7,13,16H,2H2,1,3-4H3. The number of Topliss-reactive ketones (excluding diaryl/α,β-unsaturated/α-hetero) is 1. The highest BCUT2D eigenvalue weighted by Crippen LogP contribution is 2.49. The Labute approximate surface area is 106 Å². The minimum absolute atomic E-state index is 0.179. The van der Waals surface area contributed by atoms with Gasteiger partial charge in [-0.15, -0.1) is 0 Å². The van der Waals surface area contributed by atoms with Gasteiger partial charge in [-0.3, -0.25) is 4.79 Å². The lowest BCUT2D eigenvalue weighted by Gasteiger charge is -2.38. The number of ketones is 1. The van der Waals surface area contributed by atoms with E-state index >= 15 is 0 Å². The number of aliphatic hydroxyl groups excluding tert-OH is 1. The Bertz CT molecular complexity index is 521. The molecule has 2 unspecified atom stereocenters. The summed E-state index contributed by atoms with van der Waals surface area (Å²) >= 11 is 0. The highest BCUT2D eigenvalue weighted by atomic mass is 16.5. The van der Waals surface area contributed by atoms with E-state index in [-0.39, 0.29) is 11.5 Å². The number of carbonyl (C=O) groups is 1. The summed E-state index contributed by atoms with van der Waals surface area (Å²) in [5, 5.41) is 10.4. The Balaban J connectivity index is 2.54. The Morgan fingerprint density at radius 1 is 1.56 bits per heavy atom. The second-order valence-electron chi connectivity index (χ2n) is 4.59. The molecule has 0 fully saturated rings. The Morgan fingerprint density at radius 2 is 2.22 bits per heavy atom. The van der Waals surface area contributed by atoms with E-state index in [0.717, 1.165) is 0 Å². The summed E-state index contributed by atoms with van der Waals surface area (Å²) in [7, 11) is 1.55. The molecule has 96 valence electrons. The van der Waals surface area contributed by atoms with Gasteiger partial charge in [0.25, 0.3) is 0 Å². The lowest BCUT2D eigenvalue weighted by Crippen LogP contribution is -2.39.